The van der Waals surface area contributed by atoms with Crippen LogP contribution in [-0.2, 0) is 4.79 Å². The molecule has 0 bridgehead atoms. The first kappa shape index (κ1) is 28.9. The van der Waals surface area contributed by atoms with Crippen LogP contribution >= 0.6 is 27.7 Å². The first-order valence-corrected chi connectivity index (χ1v) is 15.3. The number of aromatic nitrogens is 3. The number of piperazine rings is 1. The third-order valence-electron chi connectivity index (χ3n) is 7.07. The number of rotatable bonds is 10. The first-order valence-electron chi connectivity index (χ1n) is 13.6. The summed E-state index contributed by atoms with van der Waals surface area (Å²) in [5.74, 6) is 2.96. The van der Waals surface area contributed by atoms with E-state index in [0.717, 1.165) is 39.7 Å². The van der Waals surface area contributed by atoms with Crippen LogP contribution in [0.5, 0.6) is 5.75 Å². The van der Waals surface area contributed by atoms with E-state index in [1.165, 1.54) is 0 Å². The first-order chi connectivity index (χ1) is 20.0. The molecule has 1 saturated heterocycles. The minimum Gasteiger partial charge on any atom is -0.497 e. The maximum Gasteiger partial charge on any atom is 0.255 e. The van der Waals surface area contributed by atoms with E-state index >= 15 is 0 Å². The summed E-state index contributed by atoms with van der Waals surface area (Å²) in [5, 5.41) is 9.58. The fraction of sp³-hybridized carbons (Fsp3) is 0.333. The molecule has 0 N–H and O–H groups in total. The van der Waals surface area contributed by atoms with Crippen LogP contribution in [0, 0.1) is 0 Å². The van der Waals surface area contributed by atoms with E-state index in [1.807, 2.05) is 82.0 Å². The van der Waals surface area contributed by atoms with Gasteiger partial charge in [-0.3, -0.25) is 14.2 Å². The van der Waals surface area contributed by atoms with Crippen molar-refractivity contribution in [1.82, 2.24) is 24.6 Å². The van der Waals surface area contributed by atoms with E-state index in [9.17, 15) is 9.59 Å². The van der Waals surface area contributed by atoms with Crippen molar-refractivity contribution in [2.45, 2.75) is 37.4 Å². The predicted molar refractivity (Wildman–Crippen MR) is 161 cm³/mol. The number of halogens is 1. The molecule has 1 unspecified atom stereocenters. The summed E-state index contributed by atoms with van der Waals surface area (Å²) in [5.41, 5.74) is 1.56. The van der Waals surface area contributed by atoms with Gasteiger partial charge in [0.15, 0.2) is 10.9 Å². The standard InChI is InChI=1S/C30H32BrN5O4S/c1-21-20-34(16-17-35(21)29(38)24-8-3-4-9-25(24)31)27(37)11-5-6-19-41-30-33-32-28(26-10-7-18-40-26)36(30)22-12-14-23(39-2)15-13-22/h3-4,7-10,12-15,18,21H,5-6,11,16-17,19-20H2,1-2H3. The molecule has 2 aromatic carbocycles. The normalized spacial score (nSPS) is 15.2. The second-order valence-corrected chi connectivity index (χ2v) is 11.7. The number of furan rings is 1. The lowest BCUT2D eigenvalue weighted by molar-refractivity contribution is -0.133. The Morgan fingerprint density at radius 3 is 2.56 bits per heavy atom. The van der Waals surface area contributed by atoms with E-state index in [2.05, 4.69) is 26.1 Å². The van der Waals surface area contributed by atoms with Gasteiger partial charge in [0, 0.05) is 42.3 Å². The van der Waals surface area contributed by atoms with Gasteiger partial charge in [0.1, 0.15) is 5.75 Å². The predicted octanol–water partition coefficient (Wildman–Crippen LogP) is 5.93. The molecule has 1 aliphatic rings. The second-order valence-electron chi connectivity index (χ2n) is 9.79. The minimum absolute atomic E-state index is 0.00760. The average molecular weight is 639 g/mol. The molecule has 1 aliphatic heterocycles. The van der Waals surface area contributed by atoms with Crippen molar-refractivity contribution < 1.29 is 18.7 Å². The molecular formula is C30H32BrN5O4S. The van der Waals surface area contributed by atoms with E-state index in [1.54, 1.807) is 25.1 Å². The maximum absolute atomic E-state index is 13.0. The molecule has 2 amide bonds. The lowest BCUT2D eigenvalue weighted by Gasteiger charge is -2.40. The van der Waals surface area contributed by atoms with Gasteiger partial charge in [0.2, 0.25) is 11.7 Å². The number of unbranched alkanes of at least 4 members (excludes halogenated alkanes) is 1. The summed E-state index contributed by atoms with van der Waals surface area (Å²) in [6, 6.07) is 18.8. The summed E-state index contributed by atoms with van der Waals surface area (Å²) < 4.78 is 13.7. The van der Waals surface area contributed by atoms with E-state index < -0.39 is 0 Å². The van der Waals surface area contributed by atoms with Crippen molar-refractivity contribution in [2.24, 2.45) is 0 Å². The van der Waals surface area contributed by atoms with Crippen LogP contribution in [0.2, 0.25) is 0 Å². The Labute approximate surface area is 252 Å². The van der Waals surface area contributed by atoms with Gasteiger partial charge in [0.05, 0.1) is 24.6 Å². The highest BCUT2D eigenvalue weighted by Crippen LogP contribution is 2.30. The average Bonchev–Trinajstić information content (AvgIpc) is 3.67. The van der Waals surface area contributed by atoms with Crippen molar-refractivity contribution in [3.63, 3.8) is 0 Å². The molecule has 1 atom stereocenters. The smallest absolute Gasteiger partial charge is 0.255 e. The van der Waals surface area contributed by atoms with Crippen LogP contribution in [-0.4, -0.2) is 74.9 Å². The number of carbonyl (C=O) groups excluding carboxylic acids is 2. The summed E-state index contributed by atoms with van der Waals surface area (Å²) in [4.78, 5) is 29.8. The third-order valence-corrected chi connectivity index (χ3v) is 8.77. The molecular weight excluding hydrogens is 606 g/mol. The Morgan fingerprint density at radius 2 is 1.85 bits per heavy atom. The number of ether oxygens (including phenoxy) is 1. The second kappa shape index (κ2) is 13.4. The van der Waals surface area contributed by atoms with Crippen LogP contribution in [0.3, 0.4) is 0 Å². The fourth-order valence-electron chi connectivity index (χ4n) is 4.87. The highest BCUT2D eigenvalue weighted by molar-refractivity contribution is 9.10. The van der Waals surface area contributed by atoms with Gasteiger partial charge in [0.25, 0.3) is 5.91 Å². The quantitative estimate of drug-likeness (QED) is 0.157. The Morgan fingerprint density at radius 1 is 1.05 bits per heavy atom. The molecule has 214 valence electrons. The van der Waals surface area contributed by atoms with E-state index in [0.29, 0.717) is 43.2 Å². The molecule has 0 aliphatic carbocycles. The summed E-state index contributed by atoms with van der Waals surface area (Å²) in [7, 11) is 1.64. The molecule has 1 fully saturated rings. The molecule has 0 saturated carbocycles. The zero-order valence-electron chi connectivity index (χ0n) is 23.0. The van der Waals surface area contributed by atoms with Crippen LogP contribution < -0.4 is 4.74 Å². The molecule has 4 aromatic rings. The highest BCUT2D eigenvalue weighted by Gasteiger charge is 2.30. The third kappa shape index (κ3) is 6.68. The van der Waals surface area contributed by atoms with Crippen LogP contribution in [0.4, 0.5) is 0 Å². The minimum atomic E-state index is -0.0458. The number of benzene rings is 2. The van der Waals surface area contributed by atoms with Crippen molar-refractivity contribution in [1.29, 1.82) is 0 Å². The van der Waals surface area contributed by atoms with Crippen molar-refractivity contribution in [3.8, 4) is 23.0 Å². The Hall–Kier alpha value is -3.57. The summed E-state index contributed by atoms with van der Waals surface area (Å²) in [6.07, 6.45) is 3.73. The highest BCUT2D eigenvalue weighted by atomic mass is 79.9. The number of carbonyl (C=O) groups is 2. The van der Waals surface area contributed by atoms with Crippen LogP contribution in [0.1, 0.15) is 36.5 Å². The molecule has 0 spiro atoms. The van der Waals surface area contributed by atoms with Gasteiger partial charge in [-0.2, -0.15) is 0 Å². The van der Waals surface area contributed by atoms with Gasteiger partial charge in [-0.05, 0) is 84.2 Å². The van der Waals surface area contributed by atoms with E-state index in [-0.39, 0.29) is 17.9 Å². The largest absolute Gasteiger partial charge is 0.497 e. The molecule has 5 rings (SSSR count). The zero-order chi connectivity index (χ0) is 28.8. The number of hydrogen-bond acceptors (Lipinski definition) is 7. The van der Waals surface area contributed by atoms with Crippen LogP contribution in [0.15, 0.2) is 81.0 Å². The van der Waals surface area contributed by atoms with Gasteiger partial charge in [-0.1, -0.05) is 23.9 Å². The fourth-order valence-corrected chi connectivity index (χ4v) is 6.27. The molecule has 0 radical (unpaired) electrons. The lowest BCUT2D eigenvalue weighted by atomic mass is 10.1. The van der Waals surface area contributed by atoms with E-state index in [4.69, 9.17) is 9.15 Å². The van der Waals surface area contributed by atoms with Gasteiger partial charge < -0.3 is 19.0 Å². The van der Waals surface area contributed by atoms with Crippen LogP contribution in [0.25, 0.3) is 17.3 Å². The number of methoxy groups -OCH3 is 1. The van der Waals surface area contributed by atoms with Gasteiger partial charge in [-0.25, -0.2) is 0 Å². The van der Waals surface area contributed by atoms with Crippen molar-refractivity contribution in [2.75, 3.05) is 32.5 Å². The lowest BCUT2D eigenvalue weighted by Crippen LogP contribution is -2.55. The monoisotopic (exact) mass is 637 g/mol. The van der Waals surface area contributed by atoms with Crippen molar-refractivity contribution >= 4 is 39.5 Å². The Kier molecular flexibility index (Phi) is 9.45. The molecule has 3 heterocycles. The maximum atomic E-state index is 13.0. The summed E-state index contributed by atoms with van der Waals surface area (Å²) in [6.45, 7) is 3.63. The molecule has 2 aromatic heterocycles. The number of amides is 2. The van der Waals surface area contributed by atoms with Gasteiger partial charge >= 0.3 is 0 Å². The zero-order valence-corrected chi connectivity index (χ0v) is 25.4. The molecule has 11 heteroatoms. The number of nitrogens with zero attached hydrogens (tertiary/aromatic N) is 5. The SMILES string of the molecule is COc1ccc(-n2c(SCCCCC(=O)N3CCN(C(=O)c4ccccc4Br)C(C)C3)nnc2-c2ccco2)cc1. The number of thioether (sulfide) groups is 1. The Bertz CT molecular complexity index is 1470. The molecule has 41 heavy (non-hydrogen) atoms. The summed E-state index contributed by atoms with van der Waals surface area (Å²) >= 11 is 5.08. The van der Waals surface area contributed by atoms with Gasteiger partial charge in [-0.15, -0.1) is 10.2 Å². The Balaban J connectivity index is 1.13. The number of hydrogen-bond donors (Lipinski definition) is 0. The van der Waals surface area contributed by atoms with Crippen molar-refractivity contribution in [3.05, 3.63) is 77.0 Å². The molecule has 9 nitrogen and oxygen atoms in total. The topological polar surface area (TPSA) is 93.7 Å².